The molecule has 2 heterocycles. The Hall–Kier alpha value is -2.21. The van der Waals surface area contributed by atoms with Gasteiger partial charge in [0.1, 0.15) is 0 Å². The molecule has 0 spiro atoms. The molecule has 2 amide bonds. The third-order valence-electron chi connectivity index (χ3n) is 4.29. The number of carbonyl (C=O) groups excluding carboxylic acids is 2. The molecule has 0 aliphatic carbocycles. The van der Waals surface area contributed by atoms with Crippen molar-refractivity contribution in [2.45, 2.75) is 25.4 Å². The number of hydrogen-bond donors (Lipinski definition) is 1. The van der Waals surface area contributed by atoms with Crippen molar-refractivity contribution in [3.8, 4) is 0 Å². The van der Waals surface area contributed by atoms with Gasteiger partial charge < -0.3 is 5.11 Å². The summed E-state index contributed by atoms with van der Waals surface area (Å²) in [5.41, 5.74) is 2.29. The Morgan fingerprint density at radius 3 is 2.67 bits per heavy atom. The van der Waals surface area contributed by atoms with Crippen LogP contribution in [0.2, 0.25) is 0 Å². The zero-order valence-corrected chi connectivity index (χ0v) is 11.7. The molecule has 110 valence electrons. The number of carbonyl (C=O) groups is 3. The molecule has 1 unspecified atom stereocenters. The first-order valence-corrected chi connectivity index (χ1v) is 6.87. The molecule has 0 aromatic heterocycles. The summed E-state index contributed by atoms with van der Waals surface area (Å²) in [6.45, 7) is 1.21. The number of hydrogen-bond acceptors (Lipinski definition) is 4. The topological polar surface area (TPSA) is 77.9 Å². The summed E-state index contributed by atoms with van der Waals surface area (Å²) in [7, 11) is 1.51. The molecule has 1 aromatic rings. The van der Waals surface area contributed by atoms with Gasteiger partial charge in [-0.3, -0.25) is 19.4 Å². The Bertz CT molecular complexity index is 641. The van der Waals surface area contributed by atoms with Crippen LogP contribution in [0.1, 0.15) is 27.9 Å². The van der Waals surface area contributed by atoms with Crippen LogP contribution in [0.5, 0.6) is 0 Å². The van der Waals surface area contributed by atoms with Crippen LogP contribution in [0.3, 0.4) is 0 Å². The number of aromatic carboxylic acids is 1. The number of rotatable bonds is 2. The number of nitrogens with zero attached hydrogens (tertiary/aromatic N) is 2. The lowest BCUT2D eigenvalue weighted by Gasteiger charge is -2.32. The monoisotopic (exact) mass is 288 g/mol. The number of likely N-dealkylation sites (N-methyl/N-ethyl adjacent to an activating group) is 1. The van der Waals surface area contributed by atoms with Crippen molar-refractivity contribution in [1.29, 1.82) is 0 Å². The van der Waals surface area contributed by atoms with Gasteiger partial charge in [0, 0.05) is 20.1 Å². The van der Waals surface area contributed by atoms with E-state index in [1.165, 1.54) is 11.9 Å². The minimum atomic E-state index is -0.957. The highest BCUT2D eigenvalue weighted by molar-refractivity contribution is 6.05. The number of benzene rings is 1. The molecular formula is C15H16N2O4. The molecule has 6 heteroatoms. The molecule has 2 aliphatic rings. The maximum absolute atomic E-state index is 12.1. The molecular weight excluding hydrogens is 272 g/mol. The highest BCUT2D eigenvalue weighted by atomic mass is 16.4. The van der Waals surface area contributed by atoms with E-state index in [4.69, 9.17) is 5.11 Å². The SMILES string of the molecule is CN1C(=O)CC(N2CCc3ccc(C(=O)O)cc3C2)C1=O. The Kier molecular flexibility index (Phi) is 3.25. The van der Waals surface area contributed by atoms with E-state index in [-0.39, 0.29) is 23.8 Å². The first-order chi connectivity index (χ1) is 9.97. The van der Waals surface area contributed by atoms with Crippen molar-refractivity contribution in [3.63, 3.8) is 0 Å². The van der Waals surface area contributed by atoms with E-state index in [1.807, 2.05) is 11.0 Å². The number of carboxylic acid groups (broad SMARTS) is 1. The van der Waals surface area contributed by atoms with E-state index >= 15 is 0 Å². The lowest BCUT2D eigenvalue weighted by atomic mass is 9.96. The molecule has 1 fully saturated rings. The van der Waals surface area contributed by atoms with Crippen molar-refractivity contribution in [1.82, 2.24) is 9.80 Å². The van der Waals surface area contributed by atoms with E-state index in [0.717, 1.165) is 17.5 Å². The van der Waals surface area contributed by atoms with E-state index in [9.17, 15) is 14.4 Å². The van der Waals surface area contributed by atoms with Gasteiger partial charge in [-0.15, -0.1) is 0 Å². The summed E-state index contributed by atoms with van der Waals surface area (Å²) in [5.74, 6) is -1.28. The van der Waals surface area contributed by atoms with Crippen molar-refractivity contribution in [2.75, 3.05) is 13.6 Å². The number of amides is 2. The summed E-state index contributed by atoms with van der Waals surface area (Å²) in [6.07, 6.45) is 0.972. The lowest BCUT2D eigenvalue weighted by molar-refractivity contribution is -0.138. The summed E-state index contributed by atoms with van der Waals surface area (Å²) in [4.78, 5) is 37.9. The number of imide groups is 1. The smallest absolute Gasteiger partial charge is 0.335 e. The molecule has 1 atom stereocenters. The largest absolute Gasteiger partial charge is 0.478 e. The maximum atomic E-state index is 12.1. The molecule has 1 saturated heterocycles. The molecule has 3 rings (SSSR count). The minimum Gasteiger partial charge on any atom is -0.478 e. The summed E-state index contributed by atoms with van der Waals surface area (Å²) >= 11 is 0. The van der Waals surface area contributed by atoms with Gasteiger partial charge in [-0.25, -0.2) is 4.79 Å². The Morgan fingerprint density at radius 1 is 1.29 bits per heavy atom. The van der Waals surface area contributed by atoms with Crippen LogP contribution < -0.4 is 0 Å². The average Bonchev–Trinajstić information content (AvgIpc) is 2.73. The van der Waals surface area contributed by atoms with Crippen molar-refractivity contribution in [2.24, 2.45) is 0 Å². The summed E-state index contributed by atoms with van der Waals surface area (Å²) in [6, 6.07) is 4.69. The number of fused-ring (bicyclic) bond motifs is 1. The van der Waals surface area contributed by atoms with Crippen molar-refractivity contribution < 1.29 is 19.5 Å². The standard InChI is InChI=1S/C15H16N2O4/c1-16-13(18)7-12(14(16)19)17-5-4-9-2-3-10(15(20)21)6-11(9)8-17/h2-3,6,12H,4-5,7-8H2,1H3,(H,20,21). The molecule has 0 saturated carbocycles. The van der Waals surface area contributed by atoms with Gasteiger partial charge in [0.2, 0.25) is 11.8 Å². The minimum absolute atomic E-state index is 0.157. The van der Waals surface area contributed by atoms with Crippen LogP contribution in [-0.4, -0.2) is 52.3 Å². The predicted octanol–water partition coefficient (Wildman–Crippen LogP) is 0.500. The highest BCUT2D eigenvalue weighted by Gasteiger charge is 2.40. The molecule has 1 aromatic carbocycles. The maximum Gasteiger partial charge on any atom is 0.335 e. The van der Waals surface area contributed by atoms with Crippen LogP contribution >= 0.6 is 0 Å². The average molecular weight is 288 g/mol. The first kappa shape index (κ1) is 13.8. The summed E-state index contributed by atoms with van der Waals surface area (Å²) < 4.78 is 0. The Labute approximate surface area is 122 Å². The van der Waals surface area contributed by atoms with Crippen molar-refractivity contribution >= 4 is 17.8 Å². The van der Waals surface area contributed by atoms with Gasteiger partial charge in [0.05, 0.1) is 18.0 Å². The fourth-order valence-electron chi connectivity index (χ4n) is 3.00. The molecule has 6 nitrogen and oxygen atoms in total. The van der Waals surface area contributed by atoms with Crippen LogP contribution in [0.15, 0.2) is 18.2 Å². The normalized spacial score (nSPS) is 22.5. The van der Waals surface area contributed by atoms with Crippen LogP contribution in [-0.2, 0) is 22.6 Å². The molecule has 2 aliphatic heterocycles. The fourth-order valence-corrected chi connectivity index (χ4v) is 3.00. The molecule has 0 radical (unpaired) electrons. The Balaban J connectivity index is 1.84. The van der Waals surface area contributed by atoms with Gasteiger partial charge >= 0.3 is 5.97 Å². The fraction of sp³-hybridized carbons (Fsp3) is 0.400. The second-order valence-corrected chi connectivity index (χ2v) is 5.52. The van der Waals surface area contributed by atoms with Gasteiger partial charge in [0.15, 0.2) is 0 Å². The van der Waals surface area contributed by atoms with Gasteiger partial charge in [-0.05, 0) is 29.7 Å². The zero-order chi connectivity index (χ0) is 15.1. The quantitative estimate of drug-likeness (QED) is 0.802. The second kappa shape index (κ2) is 4.96. The number of likely N-dealkylation sites (tertiary alicyclic amines) is 1. The molecule has 1 N–H and O–H groups in total. The Morgan fingerprint density at radius 2 is 2.05 bits per heavy atom. The summed E-state index contributed by atoms with van der Waals surface area (Å²) in [5, 5.41) is 9.06. The third kappa shape index (κ3) is 2.31. The van der Waals surface area contributed by atoms with Crippen molar-refractivity contribution in [3.05, 3.63) is 34.9 Å². The molecule has 21 heavy (non-hydrogen) atoms. The second-order valence-electron chi connectivity index (χ2n) is 5.52. The van der Waals surface area contributed by atoms with Crippen LogP contribution in [0.25, 0.3) is 0 Å². The van der Waals surface area contributed by atoms with E-state index in [2.05, 4.69) is 0 Å². The van der Waals surface area contributed by atoms with E-state index in [0.29, 0.717) is 13.1 Å². The van der Waals surface area contributed by atoms with E-state index in [1.54, 1.807) is 12.1 Å². The van der Waals surface area contributed by atoms with Crippen LogP contribution in [0, 0.1) is 0 Å². The van der Waals surface area contributed by atoms with Gasteiger partial charge in [-0.1, -0.05) is 6.07 Å². The van der Waals surface area contributed by atoms with Crippen LogP contribution in [0.4, 0.5) is 0 Å². The zero-order valence-electron chi connectivity index (χ0n) is 11.7. The molecule has 0 bridgehead atoms. The highest BCUT2D eigenvalue weighted by Crippen LogP contribution is 2.26. The predicted molar refractivity (Wildman–Crippen MR) is 73.7 cm³/mol. The van der Waals surface area contributed by atoms with E-state index < -0.39 is 12.0 Å². The van der Waals surface area contributed by atoms with Gasteiger partial charge in [0.25, 0.3) is 0 Å². The lowest BCUT2D eigenvalue weighted by Crippen LogP contribution is -2.43. The first-order valence-electron chi connectivity index (χ1n) is 6.87. The third-order valence-corrected chi connectivity index (χ3v) is 4.29. The number of carboxylic acids is 1. The van der Waals surface area contributed by atoms with Gasteiger partial charge in [-0.2, -0.15) is 0 Å².